The molecule has 1 heterocycles. The third-order valence-electron chi connectivity index (χ3n) is 2.89. The molecular weight excluding hydrogens is 270 g/mol. The minimum absolute atomic E-state index is 0.0914. The highest BCUT2D eigenvalue weighted by atomic mass is 35.5. The third-order valence-corrected chi connectivity index (χ3v) is 3.40. The number of carbonyl (C=O) groups is 1. The molecule has 1 aliphatic rings. The van der Waals surface area contributed by atoms with E-state index >= 15 is 0 Å². The fraction of sp³-hybridized carbons (Fsp3) is 0.333. The SMILES string of the molecule is NC(=S)c1c(Cl)cccc1NC1CCC(=O)NC1. The van der Waals surface area contributed by atoms with E-state index in [0.717, 1.165) is 12.1 Å². The largest absolute Gasteiger partial charge is 0.389 e. The minimum atomic E-state index is 0.0914. The van der Waals surface area contributed by atoms with E-state index in [1.54, 1.807) is 6.07 Å². The van der Waals surface area contributed by atoms with E-state index in [0.29, 0.717) is 23.6 Å². The number of nitrogens with one attached hydrogen (secondary N) is 2. The summed E-state index contributed by atoms with van der Waals surface area (Å²) in [4.78, 5) is 11.4. The highest BCUT2D eigenvalue weighted by Crippen LogP contribution is 2.25. The second kappa shape index (κ2) is 5.54. The highest BCUT2D eigenvalue weighted by molar-refractivity contribution is 7.80. The first-order valence-corrected chi connectivity index (χ1v) is 6.48. The van der Waals surface area contributed by atoms with Gasteiger partial charge in [0.1, 0.15) is 4.99 Å². The number of anilines is 1. The Morgan fingerprint density at radius 2 is 2.33 bits per heavy atom. The van der Waals surface area contributed by atoms with E-state index < -0.39 is 0 Å². The van der Waals surface area contributed by atoms with Gasteiger partial charge in [0.25, 0.3) is 0 Å². The van der Waals surface area contributed by atoms with Gasteiger partial charge in [-0.2, -0.15) is 0 Å². The van der Waals surface area contributed by atoms with E-state index in [1.165, 1.54) is 0 Å². The van der Waals surface area contributed by atoms with Gasteiger partial charge in [0, 0.05) is 24.7 Å². The molecule has 1 atom stereocenters. The van der Waals surface area contributed by atoms with E-state index in [9.17, 15) is 4.79 Å². The number of rotatable bonds is 3. The van der Waals surface area contributed by atoms with Gasteiger partial charge in [-0.1, -0.05) is 29.9 Å². The van der Waals surface area contributed by atoms with Crippen LogP contribution in [-0.2, 0) is 4.79 Å². The Morgan fingerprint density at radius 1 is 1.56 bits per heavy atom. The Labute approximate surface area is 116 Å². The number of carbonyl (C=O) groups excluding carboxylic acids is 1. The predicted octanol–water partition coefficient (Wildman–Crippen LogP) is 1.66. The lowest BCUT2D eigenvalue weighted by molar-refractivity contribution is -0.122. The molecule has 1 saturated heterocycles. The summed E-state index contributed by atoms with van der Waals surface area (Å²) in [6.07, 6.45) is 1.32. The van der Waals surface area contributed by atoms with Gasteiger partial charge in [-0.25, -0.2) is 0 Å². The Bertz CT molecular complexity index is 482. The number of piperidine rings is 1. The average molecular weight is 284 g/mol. The van der Waals surface area contributed by atoms with Gasteiger partial charge in [0.2, 0.25) is 5.91 Å². The molecule has 1 amide bonds. The van der Waals surface area contributed by atoms with E-state index in [4.69, 9.17) is 29.6 Å². The molecule has 0 saturated carbocycles. The fourth-order valence-corrected chi connectivity index (χ4v) is 2.52. The summed E-state index contributed by atoms with van der Waals surface area (Å²) in [5, 5.41) is 6.68. The number of hydrogen-bond donors (Lipinski definition) is 3. The summed E-state index contributed by atoms with van der Waals surface area (Å²) in [5.41, 5.74) is 7.15. The lowest BCUT2D eigenvalue weighted by Crippen LogP contribution is -2.42. The van der Waals surface area contributed by atoms with Gasteiger partial charge in [-0.05, 0) is 18.6 Å². The monoisotopic (exact) mass is 283 g/mol. The maximum absolute atomic E-state index is 11.1. The Hall–Kier alpha value is -1.33. The lowest BCUT2D eigenvalue weighted by Gasteiger charge is -2.25. The summed E-state index contributed by atoms with van der Waals surface area (Å²) >= 11 is 11.1. The van der Waals surface area contributed by atoms with Crippen molar-refractivity contribution in [2.75, 3.05) is 11.9 Å². The van der Waals surface area contributed by atoms with Crippen LogP contribution in [0, 0.1) is 0 Å². The van der Waals surface area contributed by atoms with Crippen LogP contribution in [0.2, 0.25) is 5.02 Å². The minimum Gasteiger partial charge on any atom is -0.389 e. The fourth-order valence-electron chi connectivity index (χ4n) is 1.97. The van der Waals surface area contributed by atoms with Crippen LogP contribution < -0.4 is 16.4 Å². The van der Waals surface area contributed by atoms with Crippen LogP contribution in [0.15, 0.2) is 18.2 Å². The van der Waals surface area contributed by atoms with Crippen molar-refractivity contribution < 1.29 is 4.79 Å². The summed E-state index contributed by atoms with van der Waals surface area (Å²) in [7, 11) is 0. The number of benzene rings is 1. The van der Waals surface area contributed by atoms with Crippen molar-refractivity contribution in [2.24, 2.45) is 5.73 Å². The van der Waals surface area contributed by atoms with Gasteiger partial charge in [-0.3, -0.25) is 4.79 Å². The molecule has 18 heavy (non-hydrogen) atoms. The van der Waals surface area contributed by atoms with Crippen molar-refractivity contribution in [1.82, 2.24) is 5.32 Å². The van der Waals surface area contributed by atoms with E-state index in [1.807, 2.05) is 12.1 Å². The molecule has 1 aliphatic heterocycles. The average Bonchev–Trinajstić information content (AvgIpc) is 2.32. The molecule has 1 unspecified atom stereocenters. The molecule has 0 bridgehead atoms. The van der Waals surface area contributed by atoms with Crippen LogP contribution in [-0.4, -0.2) is 23.5 Å². The molecule has 1 aromatic rings. The van der Waals surface area contributed by atoms with Crippen LogP contribution >= 0.6 is 23.8 Å². The van der Waals surface area contributed by atoms with Crippen LogP contribution in [0.4, 0.5) is 5.69 Å². The Morgan fingerprint density at radius 3 is 2.94 bits per heavy atom. The van der Waals surface area contributed by atoms with Crippen molar-refractivity contribution in [1.29, 1.82) is 0 Å². The topological polar surface area (TPSA) is 67.1 Å². The van der Waals surface area contributed by atoms with Crippen molar-refractivity contribution in [3.63, 3.8) is 0 Å². The van der Waals surface area contributed by atoms with E-state index in [-0.39, 0.29) is 16.9 Å². The molecule has 4 nitrogen and oxygen atoms in total. The number of thiocarbonyl (C=S) groups is 1. The quantitative estimate of drug-likeness (QED) is 0.738. The molecule has 96 valence electrons. The first-order valence-electron chi connectivity index (χ1n) is 5.69. The van der Waals surface area contributed by atoms with Gasteiger partial charge in [0.05, 0.1) is 10.6 Å². The number of amides is 1. The normalized spacial score (nSPS) is 19.2. The summed E-state index contributed by atoms with van der Waals surface area (Å²) in [5.74, 6) is 0.0914. The third kappa shape index (κ3) is 2.91. The molecule has 6 heteroatoms. The zero-order chi connectivity index (χ0) is 13.1. The van der Waals surface area contributed by atoms with Crippen molar-refractivity contribution in [3.05, 3.63) is 28.8 Å². The molecule has 1 fully saturated rings. The first kappa shape index (κ1) is 13.1. The summed E-state index contributed by atoms with van der Waals surface area (Å²) in [6.45, 7) is 0.599. The Balaban J connectivity index is 2.16. The van der Waals surface area contributed by atoms with Gasteiger partial charge < -0.3 is 16.4 Å². The van der Waals surface area contributed by atoms with Crippen molar-refractivity contribution in [2.45, 2.75) is 18.9 Å². The first-order chi connectivity index (χ1) is 8.58. The zero-order valence-electron chi connectivity index (χ0n) is 9.70. The van der Waals surface area contributed by atoms with Gasteiger partial charge in [0.15, 0.2) is 0 Å². The van der Waals surface area contributed by atoms with E-state index in [2.05, 4.69) is 10.6 Å². The second-order valence-electron chi connectivity index (χ2n) is 4.21. The molecule has 0 aromatic heterocycles. The molecular formula is C12H14ClN3OS. The van der Waals surface area contributed by atoms with Crippen LogP contribution in [0.1, 0.15) is 18.4 Å². The summed E-state index contributed by atoms with van der Waals surface area (Å²) < 4.78 is 0. The number of halogens is 1. The predicted molar refractivity (Wildman–Crippen MR) is 77.0 cm³/mol. The molecule has 0 radical (unpaired) electrons. The lowest BCUT2D eigenvalue weighted by atomic mass is 10.1. The Kier molecular flexibility index (Phi) is 4.04. The maximum Gasteiger partial charge on any atom is 0.220 e. The molecule has 2 rings (SSSR count). The molecule has 1 aromatic carbocycles. The smallest absolute Gasteiger partial charge is 0.220 e. The maximum atomic E-state index is 11.1. The molecule has 4 N–H and O–H groups in total. The van der Waals surface area contributed by atoms with Gasteiger partial charge in [-0.15, -0.1) is 0 Å². The second-order valence-corrected chi connectivity index (χ2v) is 5.06. The standard InChI is InChI=1S/C12H14ClN3OS/c13-8-2-1-3-9(11(8)12(14)18)16-7-4-5-10(17)15-6-7/h1-3,7,16H,4-6H2,(H2,14,18)(H,15,17). The van der Waals surface area contributed by atoms with Gasteiger partial charge >= 0.3 is 0 Å². The van der Waals surface area contributed by atoms with Crippen molar-refractivity contribution in [3.8, 4) is 0 Å². The van der Waals surface area contributed by atoms with Crippen molar-refractivity contribution >= 4 is 40.4 Å². The molecule has 0 spiro atoms. The summed E-state index contributed by atoms with van der Waals surface area (Å²) in [6, 6.07) is 5.66. The number of nitrogens with two attached hydrogens (primary N) is 1. The van der Waals surface area contributed by atoms with Crippen LogP contribution in [0.5, 0.6) is 0 Å². The van der Waals surface area contributed by atoms with Crippen LogP contribution in [0.25, 0.3) is 0 Å². The zero-order valence-corrected chi connectivity index (χ0v) is 11.3. The number of hydrogen-bond acceptors (Lipinski definition) is 3. The van der Waals surface area contributed by atoms with Crippen LogP contribution in [0.3, 0.4) is 0 Å². The highest BCUT2D eigenvalue weighted by Gasteiger charge is 2.19. The molecule has 0 aliphatic carbocycles.